The van der Waals surface area contributed by atoms with Crippen molar-refractivity contribution in [2.45, 2.75) is 0 Å². The molecule has 3 rings (SSSR count). The summed E-state index contributed by atoms with van der Waals surface area (Å²) in [5.41, 5.74) is 1.61. The summed E-state index contributed by atoms with van der Waals surface area (Å²) in [7, 11) is 6.63. The van der Waals surface area contributed by atoms with E-state index in [4.69, 9.17) is 14.2 Å². The molecular weight excluding hydrogens is 322 g/mol. The average Bonchev–Trinajstić information content (AvgIpc) is 3.07. The summed E-state index contributed by atoms with van der Waals surface area (Å²) in [4.78, 5) is 12.9. The van der Waals surface area contributed by atoms with Crippen LogP contribution in [0.4, 0.5) is 11.6 Å². The van der Waals surface area contributed by atoms with E-state index in [0.29, 0.717) is 34.7 Å². The largest absolute Gasteiger partial charge is 0.493 e. The second kappa shape index (κ2) is 7.08. The summed E-state index contributed by atoms with van der Waals surface area (Å²) >= 11 is 0. The van der Waals surface area contributed by atoms with Gasteiger partial charge in [0.05, 0.1) is 27.0 Å². The van der Waals surface area contributed by atoms with Gasteiger partial charge >= 0.3 is 0 Å². The van der Waals surface area contributed by atoms with Crippen molar-refractivity contribution in [3.05, 3.63) is 36.8 Å². The molecule has 3 aromatic rings. The predicted octanol–water partition coefficient (Wildman–Crippen LogP) is 2.65. The Morgan fingerprint density at radius 1 is 1.00 bits per heavy atom. The normalized spacial score (nSPS) is 10.4. The monoisotopic (exact) mass is 341 g/mol. The summed E-state index contributed by atoms with van der Waals surface area (Å²) < 4.78 is 18.0. The Labute approximate surface area is 145 Å². The van der Waals surface area contributed by atoms with Crippen molar-refractivity contribution in [3.8, 4) is 28.8 Å². The molecule has 2 heterocycles. The fourth-order valence-electron chi connectivity index (χ4n) is 2.46. The number of hydrogen-bond donors (Lipinski definition) is 1. The van der Waals surface area contributed by atoms with Gasteiger partial charge in [-0.3, -0.25) is 0 Å². The summed E-state index contributed by atoms with van der Waals surface area (Å²) in [5.74, 6) is 2.61. The third-order valence-electron chi connectivity index (χ3n) is 3.67. The maximum atomic E-state index is 5.35. The van der Waals surface area contributed by atoms with Crippen LogP contribution in [0.15, 0.2) is 36.8 Å². The van der Waals surface area contributed by atoms with Crippen molar-refractivity contribution in [2.24, 2.45) is 7.05 Å². The Morgan fingerprint density at radius 2 is 1.72 bits per heavy atom. The van der Waals surface area contributed by atoms with E-state index < -0.39 is 0 Å². The van der Waals surface area contributed by atoms with Crippen LogP contribution in [-0.2, 0) is 7.05 Å². The number of nitrogens with zero attached hydrogens (tertiary/aromatic N) is 4. The van der Waals surface area contributed by atoms with Gasteiger partial charge in [-0.2, -0.15) is 4.98 Å². The molecule has 0 fully saturated rings. The zero-order valence-electron chi connectivity index (χ0n) is 14.5. The summed E-state index contributed by atoms with van der Waals surface area (Å²) in [5, 5.41) is 3.14. The summed E-state index contributed by atoms with van der Waals surface area (Å²) in [6, 6.07) is 7.45. The van der Waals surface area contributed by atoms with Gasteiger partial charge in [0, 0.05) is 31.1 Å². The first-order chi connectivity index (χ1) is 12.2. The minimum Gasteiger partial charge on any atom is -0.493 e. The molecule has 0 aliphatic rings. The van der Waals surface area contributed by atoms with Crippen molar-refractivity contribution < 1.29 is 14.2 Å². The topological polar surface area (TPSA) is 83.3 Å². The molecule has 25 heavy (non-hydrogen) atoms. The minimum atomic E-state index is 0.417. The number of nitrogens with one attached hydrogen (secondary N) is 1. The van der Waals surface area contributed by atoms with Crippen LogP contribution in [0.2, 0.25) is 0 Å². The van der Waals surface area contributed by atoms with Crippen LogP contribution in [0.25, 0.3) is 11.5 Å². The summed E-state index contributed by atoms with van der Waals surface area (Å²) in [6.07, 6.45) is 3.40. The Balaban J connectivity index is 1.94. The van der Waals surface area contributed by atoms with Crippen LogP contribution < -0.4 is 19.5 Å². The van der Waals surface area contributed by atoms with E-state index in [9.17, 15) is 0 Å². The molecule has 0 aliphatic carbocycles. The number of rotatable bonds is 6. The standard InChI is InChI=1S/C17H19N5O3/c1-22-7-5-6-12(22)16-18-10-19-17(21-16)20-11-8-13(23-2)15(25-4)14(9-11)24-3/h5-10H,1-4H3,(H,18,19,20,21). The van der Waals surface area contributed by atoms with Crippen molar-refractivity contribution in [3.63, 3.8) is 0 Å². The van der Waals surface area contributed by atoms with Crippen LogP contribution in [0.5, 0.6) is 17.2 Å². The fraction of sp³-hybridized carbons (Fsp3) is 0.235. The van der Waals surface area contributed by atoms with E-state index in [1.54, 1.807) is 33.5 Å². The highest BCUT2D eigenvalue weighted by Gasteiger charge is 2.14. The maximum Gasteiger partial charge on any atom is 0.230 e. The smallest absolute Gasteiger partial charge is 0.230 e. The van der Waals surface area contributed by atoms with Gasteiger partial charge in [0.2, 0.25) is 11.7 Å². The number of hydrogen-bond acceptors (Lipinski definition) is 7. The zero-order chi connectivity index (χ0) is 17.8. The number of methoxy groups -OCH3 is 3. The average molecular weight is 341 g/mol. The lowest BCUT2D eigenvalue weighted by Crippen LogP contribution is -2.03. The first-order valence-electron chi connectivity index (χ1n) is 7.54. The molecule has 0 spiro atoms. The van der Waals surface area contributed by atoms with E-state index in [0.717, 1.165) is 5.69 Å². The number of aromatic nitrogens is 4. The number of benzene rings is 1. The fourth-order valence-corrected chi connectivity index (χ4v) is 2.46. The van der Waals surface area contributed by atoms with E-state index in [2.05, 4.69) is 20.3 Å². The van der Waals surface area contributed by atoms with Crippen LogP contribution >= 0.6 is 0 Å². The van der Waals surface area contributed by atoms with Crippen molar-refractivity contribution in [2.75, 3.05) is 26.6 Å². The Hall–Kier alpha value is -3.29. The van der Waals surface area contributed by atoms with Crippen LogP contribution in [0.3, 0.4) is 0 Å². The molecule has 2 aromatic heterocycles. The third-order valence-corrected chi connectivity index (χ3v) is 3.67. The molecule has 8 nitrogen and oxygen atoms in total. The van der Waals surface area contributed by atoms with Gasteiger partial charge in [-0.05, 0) is 12.1 Å². The molecule has 8 heteroatoms. The van der Waals surface area contributed by atoms with Gasteiger partial charge < -0.3 is 24.1 Å². The van der Waals surface area contributed by atoms with Gasteiger partial charge in [-0.25, -0.2) is 9.97 Å². The molecule has 130 valence electrons. The molecular formula is C17H19N5O3. The molecule has 0 saturated carbocycles. The highest BCUT2D eigenvalue weighted by molar-refractivity contribution is 5.66. The second-order valence-electron chi connectivity index (χ2n) is 5.18. The number of ether oxygens (including phenoxy) is 3. The molecule has 1 N–H and O–H groups in total. The Kier molecular flexibility index (Phi) is 4.69. The highest BCUT2D eigenvalue weighted by atomic mass is 16.5. The summed E-state index contributed by atoms with van der Waals surface area (Å²) in [6.45, 7) is 0. The lowest BCUT2D eigenvalue weighted by molar-refractivity contribution is 0.324. The van der Waals surface area contributed by atoms with Crippen molar-refractivity contribution in [1.82, 2.24) is 19.5 Å². The van der Waals surface area contributed by atoms with E-state index >= 15 is 0 Å². The lowest BCUT2D eigenvalue weighted by Gasteiger charge is -2.14. The first-order valence-corrected chi connectivity index (χ1v) is 7.54. The van der Waals surface area contributed by atoms with Crippen molar-refractivity contribution >= 4 is 11.6 Å². The molecule has 0 amide bonds. The third kappa shape index (κ3) is 3.32. The van der Waals surface area contributed by atoms with Gasteiger partial charge in [0.15, 0.2) is 17.3 Å². The second-order valence-corrected chi connectivity index (χ2v) is 5.18. The molecule has 0 bridgehead atoms. The minimum absolute atomic E-state index is 0.417. The van der Waals surface area contributed by atoms with Crippen molar-refractivity contribution in [1.29, 1.82) is 0 Å². The number of anilines is 2. The van der Waals surface area contributed by atoms with Gasteiger partial charge in [-0.1, -0.05) is 0 Å². The van der Waals surface area contributed by atoms with Crippen LogP contribution in [-0.4, -0.2) is 40.8 Å². The van der Waals surface area contributed by atoms with Crippen LogP contribution in [0.1, 0.15) is 0 Å². The molecule has 1 aromatic carbocycles. The van der Waals surface area contributed by atoms with Gasteiger partial charge in [0.25, 0.3) is 0 Å². The lowest BCUT2D eigenvalue weighted by atomic mass is 10.2. The van der Waals surface area contributed by atoms with Gasteiger partial charge in [0.1, 0.15) is 6.33 Å². The molecule has 0 atom stereocenters. The zero-order valence-corrected chi connectivity index (χ0v) is 14.5. The van der Waals surface area contributed by atoms with Gasteiger partial charge in [-0.15, -0.1) is 0 Å². The quantitative estimate of drug-likeness (QED) is 0.738. The molecule has 0 radical (unpaired) electrons. The Bertz CT molecular complexity index is 853. The van der Waals surface area contributed by atoms with Crippen LogP contribution in [0, 0.1) is 0 Å². The molecule has 0 saturated heterocycles. The van der Waals surface area contributed by atoms with E-state index in [1.165, 1.54) is 6.33 Å². The highest BCUT2D eigenvalue weighted by Crippen LogP contribution is 2.40. The predicted molar refractivity (Wildman–Crippen MR) is 93.6 cm³/mol. The SMILES string of the molecule is COc1cc(Nc2ncnc(-c3cccn3C)n2)cc(OC)c1OC. The number of aryl methyl sites for hydroxylation is 1. The van der Waals surface area contributed by atoms with E-state index in [1.807, 2.05) is 29.9 Å². The molecule has 0 aliphatic heterocycles. The first kappa shape index (κ1) is 16.6. The molecule has 0 unspecified atom stereocenters. The Morgan fingerprint density at radius 3 is 2.28 bits per heavy atom. The maximum absolute atomic E-state index is 5.35. The van der Waals surface area contributed by atoms with E-state index in [-0.39, 0.29) is 0 Å².